The van der Waals surface area contributed by atoms with Gasteiger partial charge in [0.25, 0.3) is 0 Å². The van der Waals surface area contributed by atoms with Crippen molar-refractivity contribution in [3.63, 3.8) is 0 Å². The fourth-order valence-electron chi connectivity index (χ4n) is 4.38. The lowest BCUT2D eigenvalue weighted by molar-refractivity contribution is -0.137. The number of rotatable bonds is 5. The predicted octanol–water partition coefficient (Wildman–Crippen LogP) is 2.56. The first-order valence-corrected chi connectivity index (χ1v) is 11.6. The lowest BCUT2D eigenvalue weighted by Gasteiger charge is -2.35. The van der Waals surface area contributed by atoms with Crippen LogP contribution in [0.25, 0.3) is 10.9 Å². The number of carbonyl (C=O) groups is 2. The second kappa shape index (κ2) is 11.2. The maximum absolute atomic E-state index is 12.5. The number of amides is 2. The van der Waals surface area contributed by atoms with Crippen molar-refractivity contribution in [2.75, 3.05) is 31.9 Å². The van der Waals surface area contributed by atoms with E-state index in [1.165, 1.54) is 12.8 Å². The first kappa shape index (κ1) is 23.9. The van der Waals surface area contributed by atoms with E-state index < -0.39 is 0 Å². The standard InChI is InChI=1S/C19H25N5O.C5H11NO/c20-18-15-7-3-4-8-16(15)21-17(22-18)13-23-9-11-24(12-10-23)19(25)14-5-1-2-6-14;1-4(2)3-5(6)7/h3-4,7-8,14H,1-2,5-6,9-13H2,(H2,20,21,22);4H,3H2,1-2H3,(H2,6,7). The highest BCUT2D eigenvalue weighted by Crippen LogP contribution is 2.27. The number of fused-ring (bicyclic) bond motifs is 1. The quantitative estimate of drug-likeness (QED) is 0.738. The number of anilines is 1. The number of primary amides is 1. The number of piperazine rings is 1. The Hall–Kier alpha value is -2.74. The number of benzene rings is 1. The van der Waals surface area contributed by atoms with E-state index in [2.05, 4.69) is 14.9 Å². The van der Waals surface area contributed by atoms with Gasteiger partial charge in [-0.25, -0.2) is 9.97 Å². The first-order chi connectivity index (χ1) is 15.3. The molecule has 1 aromatic carbocycles. The average molecular weight is 441 g/mol. The number of nitrogens with two attached hydrogens (primary N) is 2. The van der Waals surface area contributed by atoms with Gasteiger partial charge in [-0.3, -0.25) is 14.5 Å². The summed E-state index contributed by atoms with van der Waals surface area (Å²) in [6, 6.07) is 7.82. The number of hydrogen-bond donors (Lipinski definition) is 2. The molecule has 2 aromatic rings. The van der Waals surface area contributed by atoms with E-state index in [0.29, 0.717) is 30.6 Å². The van der Waals surface area contributed by atoms with Crippen LogP contribution in [0.1, 0.15) is 51.8 Å². The molecule has 8 nitrogen and oxygen atoms in total. The maximum atomic E-state index is 12.5. The zero-order valence-corrected chi connectivity index (χ0v) is 19.3. The van der Waals surface area contributed by atoms with Crippen molar-refractivity contribution < 1.29 is 9.59 Å². The van der Waals surface area contributed by atoms with Crippen LogP contribution >= 0.6 is 0 Å². The fraction of sp³-hybridized carbons (Fsp3) is 0.583. The van der Waals surface area contributed by atoms with Crippen molar-refractivity contribution in [1.82, 2.24) is 19.8 Å². The van der Waals surface area contributed by atoms with Gasteiger partial charge >= 0.3 is 0 Å². The Kier molecular flexibility index (Phi) is 8.39. The minimum atomic E-state index is -0.213. The van der Waals surface area contributed by atoms with Gasteiger partial charge in [0.05, 0.1) is 12.1 Å². The summed E-state index contributed by atoms with van der Waals surface area (Å²) in [5.41, 5.74) is 11.8. The highest BCUT2D eigenvalue weighted by Gasteiger charge is 2.29. The fourth-order valence-corrected chi connectivity index (χ4v) is 4.38. The third kappa shape index (κ3) is 6.63. The zero-order chi connectivity index (χ0) is 23.1. The Labute approximate surface area is 190 Å². The molecule has 2 amide bonds. The minimum absolute atomic E-state index is 0.213. The number of para-hydroxylation sites is 1. The highest BCUT2D eigenvalue weighted by atomic mass is 16.2. The van der Waals surface area contributed by atoms with Gasteiger partial charge in [0.1, 0.15) is 11.6 Å². The molecule has 2 heterocycles. The molecule has 4 N–H and O–H groups in total. The third-order valence-corrected chi connectivity index (χ3v) is 6.04. The molecule has 1 saturated carbocycles. The van der Waals surface area contributed by atoms with Crippen molar-refractivity contribution in [3.8, 4) is 0 Å². The number of carbonyl (C=O) groups excluding carboxylic acids is 2. The van der Waals surface area contributed by atoms with Crippen molar-refractivity contribution >= 4 is 28.5 Å². The van der Waals surface area contributed by atoms with Crippen LogP contribution in [-0.4, -0.2) is 57.8 Å². The third-order valence-electron chi connectivity index (χ3n) is 6.04. The molecule has 8 heteroatoms. The van der Waals surface area contributed by atoms with Crippen LogP contribution in [0.15, 0.2) is 24.3 Å². The molecule has 2 fully saturated rings. The van der Waals surface area contributed by atoms with Crippen LogP contribution in [0.5, 0.6) is 0 Å². The number of nitrogen functional groups attached to an aromatic ring is 1. The van der Waals surface area contributed by atoms with E-state index >= 15 is 0 Å². The van der Waals surface area contributed by atoms with Crippen LogP contribution in [0.2, 0.25) is 0 Å². The largest absolute Gasteiger partial charge is 0.383 e. The van der Waals surface area contributed by atoms with E-state index in [1.807, 2.05) is 43.0 Å². The number of aromatic nitrogens is 2. The molecule has 174 valence electrons. The molecule has 1 aromatic heterocycles. The first-order valence-electron chi connectivity index (χ1n) is 11.6. The molecule has 4 rings (SSSR count). The van der Waals surface area contributed by atoms with Crippen molar-refractivity contribution in [2.24, 2.45) is 17.6 Å². The predicted molar refractivity (Wildman–Crippen MR) is 126 cm³/mol. The summed E-state index contributed by atoms with van der Waals surface area (Å²) in [4.78, 5) is 36.0. The van der Waals surface area contributed by atoms with Gasteiger partial charge in [-0.05, 0) is 30.9 Å². The van der Waals surface area contributed by atoms with E-state index in [9.17, 15) is 9.59 Å². The van der Waals surface area contributed by atoms with E-state index in [1.54, 1.807) is 0 Å². The summed E-state index contributed by atoms with van der Waals surface area (Å²) in [6.45, 7) is 7.95. The topological polar surface area (TPSA) is 118 Å². The summed E-state index contributed by atoms with van der Waals surface area (Å²) < 4.78 is 0. The van der Waals surface area contributed by atoms with Crippen molar-refractivity contribution in [2.45, 2.75) is 52.5 Å². The SMILES string of the molecule is CC(C)CC(N)=O.Nc1nc(CN2CCN(C(=O)C3CCCC3)CC2)nc2ccccc12. The number of nitrogens with zero attached hydrogens (tertiary/aromatic N) is 4. The van der Waals surface area contributed by atoms with Crippen LogP contribution in [0, 0.1) is 11.8 Å². The molecule has 1 saturated heterocycles. The summed E-state index contributed by atoms with van der Waals surface area (Å²) in [5, 5.41) is 0.901. The molecule has 2 aliphatic rings. The molecular formula is C24H36N6O2. The van der Waals surface area contributed by atoms with Gasteiger partial charge in [0, 0.05) is 43.9 Å². The second-order valence-electron chi connectivity index (χ2n) is 9.19. The van der Waals surface area contributed by atoms with E-state index in [4.69, 9.17) is 11.5 Å². The van der Waals surface area contributed by atoms with Crippen LogP contribution in [0.4, 0.5) is 5.82 Å². The van der Waals surface area contributed by atoms with Crippen molar-refractivity contribution in [1.29, 1.82) is 0 Å². The maximum Gasteiger partial charge on any atom is 0.225 e. The molecule has 1 aliphatic carbocycles. The van der Waals surface area contributed by atoms with Gasteiger partial charge in [-0.2, -0.15) is 0 Å². The van der Waals surface area contributed by atoms with Gasteiger partial charge in [0.15, 0.2) is 0 Å². The van der Waals surface area contributed by atoms with Crippen LogP contribution in [-0.2, 0) is 16.1 Å². The summed E-state index contributed by atoms with van der Waals surface area (Å²) >= 11 is 0. The Morgan fingerprint density at radius 1 is 1.06 bits per heavy atom. The molecular weight excluding hydrogens is 404 g/mol. The molecule has 0 bridgehead atoms. The summed E-state index contributed by atoms with van der Waals surface area (Å²) in [5.74, 6) is 2.12. The molecule has 0 radical (unpaired) electrons. The number of hydrogen-bond acceptors (Lipinski definition) is 6. The van der Waals surface area contributed by atoms with Gasteiger partial charge in [0.2, 0.25) is 11.8 Å². The molecule has 1 aliphatic heterocycles. The normalized spacial score (nSPS) is 17.4. The lowest BCUT2D eigenvalue weighted by atomic mass is 10.1. The van der Waals surface area contributed by atoms with E-state index in [-0.39, 0.29) is 11.8 Å². The van der Waals surface area contributed by atoms with Crippen LogP contribution in [0.3, 0.4) is 0 Å². The van der Waals surface area contributed by atoms with Crippen LogP contribution < -0.4 is 11.5 Å². The Balaban J connectivity index is 0.000000360. The van der Waals surface area contributed by atoms with E-state index in [0.717, 1.165) is 55.7 Å². The Bertz CT molecular complexity index is 918. The minimum Gasteiger partial charge on any atom is -0.383 e. The van der Waals surface area contributed by atoms with Gasteiger partial charge in [-0.1, -0.05) is 38.8 Å². The molecule has 32 heavy (non-hydrogen) atoms. The van der Waals surface area contributed by atoms with Gasteiger partial charge in [-0.15, -0.1) is 0 Å². The van der Waals surface area contributed by atoms with Crippen molar-refractivity contribution in [3.05, 3.63) is 30.1 Å². The smallest absolute Gasteiger partial charge is 0.225 e. The Morgan fingerprint density at radius 3 is 2.31 bits per heavy atom. The van der Waals surface area contributed by atoms with Gasteiger partial charge < -0.3 is 16.4 Å². The molecule has 0 atom stereocenters. The summed E-state index contributed by atoms with van der Waals surface area (Å²) in [7, 11) is 0. The highest BCUT2D eigenvalue weighted by molar-refractivity contribution is 5.87. The molecule has 0 unspecified atom stereocenters. The average Bonchev–Trinajstić information content (AvgIpc) is 3.28. The zero-order valence-electron chi connectivity index (χ0n) is 19.3. The summed E-state index contributed by atoms with van der Waals surface area (Å²) in [6.07, 6.45) is 5.06. The lowest BCUT2D eigenvalue weighted by Crippen LogP contribution is -2.49. The monoisotopic (exact) mass is 440 g/mol. The molecule has 0 spiro atoms. The second-order valence-corrected chi connectivity index (χ2v) is 9.19. The Morgan fingerprint density at radius 2 is 1.72 bits per heavy atom.